The molecule has 4 rings (SSSR count). The lowest BCUT2D eigenvalue weighted by Gasteiger charge is -2.13. The van der Waals surface area contributed by atoms with Gasteiger partial charge in [-0.2, -0.15) is 0 Å². The molecule has 1 fully saturated rings. The molecule has 1 amide bonds. The molecule has 1 saturated heterocycles. The van der Waals surface area contributed by atoms with E-state index in [9.17, 15) is 19.5 Å². The summed E-state index contributed by atoms with van der Waals surface area (Å²) < 4.78 is 9.01. The van der Waals surface area contributed by atoms with E-state index in [1.807, 2.05) is 30.3 Å². The van der Waals surface area contributed by atoms with Crippen LogP contribution in [0.15, 0.2) is 64.3 Å². The number of thioether (sulfide) groups is 1. The first kappa shape index (κ1) is 24.5. The lowest BCUT2D eigenvalue weighted by molar-refractivity contribution is -0.145. The molecule has 3 aromatic rings. The van der Waals surface area contributed by atoms with E-state index in [2.05, 4.69) is 0 Å². The highest BCUT2D eigenvalue weighted by molar-refractivity contribution is 8.27. The van der Waals surface area contributed by atoms with Gasteiger partial charge in [0.1, 0.15) is 11.4 Å². The molecule has 0 bridgehead atoms. The standard InChI is InChI=1S/C25H23N3O5S2/c1-4-19(24(31)32)33-18-12-8-9-16(13-18)14-20-22(29)27(25(34)35-20)21-15(2)26(3)28(23(21)30)17-10-6-5-7-11-17/h5-14,19H,4H2,1-3H3,(H,31,32)/b20-14+. The number of carboxylic acid groups (broad SMARTS) is 1. The van der Waals surface area contributed by atoms with Crippen molar-refractivity contribution in [3.8, 4) is 11.4 Å². The van der Waals surface area contributed by atoms with E-state index < -0.39 is 18.0 Å². The maximum atomic E-state index is 13.4. The molecule has 8 nitrogen and oxygen atoms in total. The van der Waals surface area contributed by atoms with E-state index in [0.29, 0.717) is 34.0 Å². The second-order valence-electron chi connectivity index (χ2n) is 7.85. The van der Waals surface area contributed by atoms with E-state index >= 15 is 0 Å². The molecule has 1 atom stereocenters. The third-order valence-corrected chi connectivity index (χ3v) is 6.92. The van der Waals surface area contributed by atoms with Crippen molar-refractivity contribution >= 4 is 51.9 Å². The Balaban J connectivity index is 1.67. The highest BCUT2D eigenvalue weighted by atomic mass is 32.2. The van der Waals surface area contributed by atoms with Crippen molar-refractivity contribution in [3.63, 3.8) is 0 Å². The first-order valence-electron chi connectivity index (χ1n) is 10.8. The monoisotopic (exact) mass is 509 g/mol. The molecule has 1 aliphatic rings. The summed E-state index contributed by atoms with van der Waals surface area (Å²) in [6.07, 6.45) is 1.01. The number of ether oxygens (including phenoxy) is 1. The van der Waals surface area contributed by atoms with Crippen molar-refractivity contribution in [2.75, 3.05) is 4.90 Å². The van der Waals surface area contributed by atoms with E-state index in [4.69, 9.17) is 17.0 Å². The van der Waals surface area contributed by atoms with Gasteiger partial charge in [0.05, 0.1) is 16.3 Å². The third-order valence-electron chi connectivity index (χ3n) is 5.62. The second-order valence-corrected chi connectivity index (χ2v) is 9.53. The third kappa shape index (κ3) is 4.67. The number of amides is 1. The van der Waals surface area contributed by atoms with Crippen LogP contribution in [0.2, 0.25) is 0 Å². The fourth-order valence-electron chi connectivity index (χ4n) is 3.77. The fraction of sp³-hybridized carbons (Fsp3) is 0.200. The van der Waals surface area contributed by atoms with Crippen LogP contribution in [0.3, 0.4) is 0 Å². The summed E-state index contributed by atoms with van der Waals surface area (Å²) in [6, 6.07) is 16.0. The van der Waals surface area contributed by atoms with Crippen molar-refractivity contribution in [2.45, 2.75) is 26.4 Å². The van der Waals surface area contributed by atoms with E-state index in [-0.39, 0.29) is 15.6 Å². The highest BCUT2D eigenvalue weighted by Gasteiger charge is 2.37. The number of benzene rings is 2. The number of thiocarbonyl (C=S) groups is 1. The van der Waals surface area contributed by atoms with Crippen LogP contribution in [0, 0.1) is 6.92 Å². The second kappa shape index (κ2) is 9.93. The normalized spacial score (nSPS) is 15.6. The molecule has 1 aromatic heterocycles. The van der Waals surface area contributed by atoms with Gasteiger partial charge in [0, 0.05) is 7.05 Å². The number of carbonyl (C=O) groups excluding carboxylic acids is 1. The number of nitrogens with zero attached hydrogens (tertiary/aromatic N) is 3. The largest absolute Gasteiger partial charge is 0.479 e. The van der Waals surface area contributed by atoms with Crippen molar-refractivity contribution in [3.05, 3.63) is 81.1 Å². The van der Waals surface area contributed by atoms with Gasteiger partial charge < -0.3 is 9.84 Å². The summed E-state index contributed by atoms with van der Waals surface area (Å²) in [5.41, 5.74) is 1.80. The molecule has 1 aliphatic heterocycles. The highest BCUT2D eigenvalue weighted by Crippen LogP contribution is 2.36. The van der Waals surface area contributed by atoms with E-state index in [1.165, 1.54) is 9.58 Å². The molecule has 0 saturated carbocycles. The van der Waals surface area contributed by atoms with Crippen LogP contribution in [-0.4, -0.2) is 36.8 Å². The number of aromatic nitrogens is 2. The predicted molar refractivity (Wildman–Crippen MR) is 140 cm³/mol. The number of aliphatic carboxylic acids is 1. The molecule has 1 unspecified atom stereocenters. The molecule has 2 heterocycles. The molecule has 35 heavy (non-hydrogen) atoms. The van der Waals surface area contributed by atoms with Gasteiger partial charge in [-0.1, -0.05) is 61.2 Å². The van der Waals surface area contributed by atoms with Crippen LogP contribution in [0.5, 0.6) is 5.75 Å². The topological polar surface area (TPSA) is 93.8 Å². The minimum Gasteiger partial charge on any atom is -0.479 e. The summed E-state index contributed by atoms with van der Waals surface area (Å²) in [6.45, 7) is 3.50. The van der Waals surface area contributed by atoms with Gasteiger partial charge in [-0.15, -0.1) is 0 Å². The van der Waals surface area contributed by atoms with Gasteiger partial charge in [0.15, 0.2) is 10.4 Å². The lowest BCUT2D eigenvalue weighted by atomic mass is 10.2. The summed E-state index contributed by atoms with van der Waals surface area (Å²) in [7, 11) is 1.76. The number of rotatable bonds is 7. The maximum Gasteiger partial charge on any atom is 0.344 e. The van der Waals surface area contributed by atoms with Crippen LogP contribution in [0.1, 0.15) is 24.6 Å². The van der Waals surface area contributed by atoms with Crippen LogP contribution in [0.4, 0.5) is 5.69 Å². The molecule has 0 radical (unpaired) electrons. The van der Waals surface area contributed by atoms with E-state index in [0.717, 1.165) is 11.8 Å². The molecule has 0 spiro atoms. The number of carboxylic acids is 1. The number of hydrogen-bond acceptors (Lipinski definition) is 6. The minimum absolute atomic E-state index is 0.214. The number of carbonyl (C=O) groups is 2. The zero-order valence-electron chi connectivity index (χ0n) is 19.3. The molecule has 2 aromatic carbocycles. The van der Waals surface area contributed by atoms with Gasteiger partial charge in [-0.25, -0.2) is 9.48 Å². The van der Waals surface area contributed by atoms with Crippen molar-refractivity contribution in [1.82, 2.24) is 9.36 Å². The van der Waals surface area contributed by atoms with Crippen molar-refractivity contribution in [2.24, 2.45) is 7.05 Å². The first-order valence-corrected chi connectivity index (χ1v) is 12.1. The Kier molecular flexibility index (Phi) is 6.95. The Morgan fingerprint density at radius 1 is 1.17 bits per heavy atom. The molecule has 1 N–H and O–H groups in total. The smallest absolute Gasteiger partial charge is 0.344 e. The SMILES string of the molecule is CCC(Oc1cccc(/C=C2/SC(=S)N(c3c(C)n(C)n(-c4ccccc4)c3=O)C2=O)c1)C(=O)O. The number of para-hydroxylation sites is 1. The van der Waals surface area contributed by atoms with Crippen LogP contribution in [-0.2, 0) is 16.6 Å². The Hall–Kier alpha value is -3.63. The minimum atomic E-state index is -1.04. The van der Waals surface area contributed by atoms with E-state index in [1.54, 1.807) is 55.9 Å². The molecule has 10 heteroatoms. The zero-order chi connectivity index (χ0) is 25.3. The molecule has 0 aliphatic carbocycles. The first-order chi connectivity index (χ1) is 16.7. The van der Waals surface area contributed by atoms with Gasteiger partial charge in [-0.3, -0.25) is 19.2 Å². The van der Waals surface area contributed by atoms with Gasteiger partial charge in [0.25, 0.3) is 11.5 Å². The summed E-state index contributed by atoms with van der Waals surface area (Å²) in [5.74, 6) is -1.06. The quantitative estimate of drug-likeness (QED) is 0.378. The van der Waals surface area contributed by atoms with Crippen LogP contribution in [0.25, 0.3) is 11.8 Å². The number of hydrogen-bond donors (Lipinski definition) is 1. The Labute approximate surface area is 211 Å². The summed E-state index contributed by atoms with van der Waals surface area (Å²) >= 11 is 6.59. The Morgan fingerprint density at radius 2 is 1.89 bits per heavy atom. The predicted octanol–water partition coefficient (Wildman–Crippen LogP) is 4.13. The average molecular weight is 510 g/mol. The summed E-state index contributed by atoms with van der Waals surface area (Å²) in [4.78, 5) is 39.7. The molecule has 180 valence electrons. The van der Waals surface area contributed by atoms with Gasteiger partial charge >= 0.3 is 5.97 Å². The average Bonchev–Trinajstić information content (AvgIpc) is 3.22. The van der Waals surface area contributed by atoms with Crippen molar-refractivity contribution < 1.29 is 19.4 Å². The maximum absolute atomic E-state index is 13.4. The number of anilines is 1. The molecular formula is C25H23N3O5S2. The van der Waals surface area contributed by atoms with Crippen molar-refractivity contribution in [1.29, 1.82) is 0 Å². The van der Waals surface area contributed by atoms with Crippen LogP contribution < -0.4 is 15.2 Å². The molecular weight excluding hydrogens is 486 g/mol. The van der Waals surface area contributed by atoms with Gasteiger partial charge in [-0.05, 0) is 49.2 Å². The Morgan fingerprint density at radius 3 is 2.54 bits per heavy atom. The Bertz CT molecular complexity index is 1410. The fourth-order valence-corrected chi connectivity index (χ4v) is 5.04. The van der Waals surface area contributed by atoms with Crippen LogP contribution >= 0.6 is 24.0 Å². The lowest BCUT2D eigenvalue weighted by Crippen LogP contribution is -2.33. The summed E-state index contributed by atoms with van der Waals surface area (Å²) in [5, 5.41) is 9.24. The van der Waals surface area contributed by atoms with Gasteiger partial charge in [0.2, 0.25) is 0 Å². The zero-order valence-corrected chi connectivity index (χ0v) is 20.9.